The zero-order valence-electron chi connectivity index (χ0n) is 11.3. The standard InChI is InChI=1S/C13H16N2O4S/c1-3-13(17)7-14(8-13)12(16)10-6-9(20-2)4-5-11(10)15(18)19/h4-6,17H,3,7-8H2,1-2H3. The molecule has 1 fully saturated rings. The van der Waals surface area contributed by atoms with Gasteiger partial charge in [0.1, 0.15) is 5.56 Å². The fraction of sp³-hybridized carbons (Fsp3) is 0.462. The molecule has 1 heterocycles. The lowest BCUT2D eigenvalue weighted by Gasteiger charge is -2.46. The van der Waals surface area contributed by atoms with Crippen molar-refractivity contribution in [2.24, 2.45) is 0 Å². The molecule has 0 saturated carbocycles. The van der Waals surface area contributed by atoms with Crippen LogP contribution < -0.4 is 0 Å². The lowest BCUT2D eigenvalue weighted by atomic mass is 9.90. The maximum atomic E-state index is 12.3. The maximum Gasteiger partial charge on any atom is 0.282 e. The predicted molar refractivity (Wildman–Crippen MR) is 76.0 cm³/mol. The van der Waals surface area contributed by atoms with Crippen molar-refractivity contribution in [2.75, 3.05) is 19.3 Å². The second-order valence-corrected chi connectivity index (χ2v) is 5.76. The number of amides is 1. The molecule has 0 unspecified atom stereocenters. The van der Waals surface area contributed by atoms with Crippen LogP contribution in [0.15, 0.2) is 23.1 Å². The topological polar surface area (TPSA) is 83.7 Å². The largest absolute Gasteiger partial charge is 0.386 e. The summed E-state index contributed by atoms with van der Waals surface area (Å²) >= 11 is 1.42. The Morgan fingerprint density at radius 1 is 1.55 bits per heavy atom. The minimum atomic E-state index is -0.846. The second-order valence-electron chi connectivity index (χ2n) is 4.88. The van der Waals surface area contributed by atoms with Gasteiger partial charge in [0.25, 0.3) is 11.6 Å². The first-order chi connectivity index (χ1) is 9.40. The molecule has 6 nitrogen and oxygen atoms in total. The minimum Gasteiger partial charge on any atom is -0.386 e. The van der Waals surface area contributed by atoms with E-state index in [1.807, 2.05) is 13.2 Å². The molecule has 1 aromatic carbocycles. The number of aliphatic hydroxyl groups is 1. The normalized spacial score (nSPS) is 16.6. The summed E-state index contributed by atoms with van der Waals surface area (Å²) in [6.07, 6.45) is 2.40. The Bertz CT molecular complexity index is 555. The Morgan fingerprint density at radius 3 is 2.70 bits per heavy atom. The molecule has 0 bridgehead atoms. The average Bonchev–Trinajstić information content (AvgIpc) is 2.42. The van der Waals surface area contributed by atoms with E-state index in [2.05, 4.69) is 0 Å². The molecule has 108 valence electrons. The quantitative estimate of drug-likeness (QED) is 0.521. The van der Waals surface area contributed by atoms with Crippen LogP contribution in [0.4, 0.5) is 5.69 Å². The molecule has 0 radical (unpaired) electrons. The van der Waals surface area contributed by atoms with Crippen molar-refractivity contribution in [1.82, 2.24) is 4.90 Å². The number of hydrogen-bond donors (Lipinski definition) is 1. The van der Waals surface area contributed by atoms with Crippen LogP contribution >= 0.6 is 11.8 Å². The predicted octanol–water partition coefficient (Wildman–Crippen LogP) is 1.91. The summed E-state index contributed by atoms with van der Waals surface area (Å²) in [5, 5.41) is 20.9. The monoisotopic (exact) mass is 296 g/mol. The lowest BCUT2D eigenvalue weighted by Crippen LogP contribution is -2.63. The molecule has 0 spiro atoms. The van der Waals surface area contributed by atoms with Crippen LogP contribution in [0.25, 0.3) is 0 Å². The summed E-state index contributed by atoms with van der Waals surface area (Å²) in [5.41, 5.74) is -0.957. The third kappa shape index (κ3) is 2.64. The van der Waals surface area contributed by atoms with Gasteiger partial charge < -0.3 is 10.0 Å². The SMILES string of the molecule is CCC1(O)CN(C(=O)c2cc(SC)ccc2[N+](=O)[O-])C1. The summed E-state index contributed by atoms with van der Waals surface area (Å²) < 4.78 is 0. The molecule has 1 N–H and O–H groups in total. The van der Waals surface area contributed by atoms with Crippen molar-refractivity contribution >= 4 is 23.4 Å². The van der Waals surface area contributed by atoms with E-state index in [4.69, 9.17) is 0 Å². The molecule has 1 saturated heterocycles. The number of thioether (sulfide) groups is 1. The van der Waals surface area contributed by atoms with Crippen molar-refractivity contribution < 1.29 is 14.8 Å². The van der Waals surface area contributed by atoms with E-state index in [1.54, 1.807) is 6.07 Å². The van der Waals surface area contributed by atoms with E-state index in [0.29, 0.717) is 6.42 Å². The first kappa shape index (κ1) is 14.8. The number of likely N-dealkylation sites (tertiary alicyclic amines) is 1. The summed E-state index contributed by atoms with van der Waals surface area (Å²) in [5.74, 6) is -0.397. The number of carbonyl (C=O) groups is 1. The van der Waals surface area contributed by atoms with Crippen LogP contribution in [-0.2, 0) is 0 Å². The van der Waals surface area contributed by atoms with Gasteiger partial charge in [-0.2, -0.15) is 0 Å². The first-order valence-electron chi connectivity index (χ1n) is 6.24. The third-order valence-electron chi connectivity index (χ3n) is 3.55. The number of nitro groups is 1. The molecule has 1 aromatic rings. The van der Waals surface area contributed by atoms with Gasteiger partial charge in [0.15, 0.2) is 0 Å². The molecule has 0 aromatic heterocycles. The molecule has 20 heavy (non-hydrogen) atoms. The lowest BCUT2D eigenvalue weighted by molar-refractivity contribution is -0.385. The van der Waals surface area contributed by atoms with Gasteiger partial charge in [0.05, 0.1) is 23.6 Å². The van der Waals surface area contributed by atoms with Gasteiger partial charge in [-0.15, -0.1) is 11.8 Å². The average molecular weight is 296 g/mol. The Hall–Kier alpha value is -1.60. The number of nitrogens with zero attached hydrogens (tertiary/aromatic N) is 2. The summed E-state index contributed by atoms with van der Waals surface area (Å²) in [4.78, 5) is 25.0. The maximum absolute atomic E-state index is 12.3. The summed E-state index contributed by atoms with van der Waals surface area (Å²) in [7, 11) is 0. The van der Waals surface area contributed by atoms with E-state index in [0.717, 1.165) is 4.90 Å². The van der Waals surface area contributed by atoms with Crippen molar-refractivity contribution in [3.63, 3.8) is 0 Å². The van der Waals surface area contributed by atoms with Gasteiger partial charge in [-0.3, -0.25) is 14.9 Å². The van der Waals surface area contributed by atoms with Crippen LogP contribution in [0.2, 0.25) is 0 Å². The number of hydrogen-bond acceptors (Lipinski definition) is 5. The van der Waals surface area contributed by atoms with Crippen molar-refractivity contribution in [3.05, 3.63) is 33.9 Å². The highest BCUT2D eigenvalue weighted by molar-refractivity contribution is 7.98. The molecule has 1 amide bonds. The van der Waals surface area contributed by atoms with Crippen molar-refractivity contribution in [3.8, 4) is 0 Å². The Kier molecular flexibility index (Phi) is 4.01. The number of rotatable bonds is 4. The number of nitro benzene ring substituents is 1. The van der Waals surface area contributed by atoms with Gasteiger partial charge in [0.2, 0.25) is 0 Å². The summed E-state index contributed by atoms with van der Waals surface area (Å²) in [6.45, 7) is 2.30. The minimum absolute atomic E-state index is 0.0833. The van der Waals surface area contributed by atoms with Crippen LogP contribution in [0, 0.1) is 10.1 Å². The fourth-order valence-electron chi connectivity index (χ4n) is 2.17. The molecule has 2 rings (SSSR count). The molecule has 7 heteroatoms. The molecule has 1 aliphatic rings. The van der Waals surface area contributed by atoms with Crippen molar-refractivity contribution in [1.29, 1.82) is 0 Å². The van der Waals surface area contributed by atoms with Gasteiger partial charge in [-0.1, -0.05) is 6.92 Å². The van der Waals surface area contributed by atoms with E-state index in [9.17, 15) is 20.0 Å². The number of β-amino-alcohol motifs (C(OH)–C–C–N with tert-alkyl or cyclic N) is 1. The van der Waals surface area contributed by atoms with E-state index >= 15 is 0 Å². The van der Waals surface area contributed by atoms with E-state index in [-0.39, 0.29) is 24.3 Å². The van der Waals surface area contributed by atoms with Gasteiger partial charge in [-0.05, 0) is 24.8 Å². The van der Waals surface area contributed by atoms with Crippen LogP contribution in [0.1, 0.15) is 23.7 Å². The highest BCUT2D eigenvalue weighted by Gasteiger charge is 2.43. The van der Waals surface area contributed by atoms with Gasteiger partial charge in [-0.25, -0.2) is 0 Å². The summed E-state index contributed by atoms with van der Waals surface area (Å²) in [6, 6.07) is 4.51. The zero-order chi connectivity index (χ0) is 14.9. The molecule has 0 aliphatic carbocycles. The Labute approximate surface area is 120 Å². The highest BCUT2D eigenvalue weighted by Crippen LogP contribution is 2.30. The number of benzene rings is 1. The van der Waals surface area contributed by atoms with E-state index < -0.39 is 16.4 Å². The fourth-order valence-corrected chi connectivity index (χ4v) is 2.61. The van der Waals surface area contributed by atoms with E-state index in [1.165, 1.54) is 28.8 Å². The first-order valence-corrected chi connectivity index (χ1v) is 7.47. The van der Waals surface area contributed by atoms with Crippen LogP contribution in [0.5, 0.6) is 0 Å². The Morgan fingerprint density at radius 2 is 2.20 bits per heavy atom. The van der Waals surface area contributed by atoms with Gasteiger partial charge in [0, 0.05) is 11.0 Å². The van der Waals surface area contributed by atoms with Crippen molar-refractivity contribution in [2.45, 2.75) is 23.8 Å². The molecular weight excluding hydrogens is 280 g/mol. The molecular formula is C13H16N2O4S. The molecule has 1 aliphatic heterocycles. The second kappa shape index (κ2) is 5.41. The smallest absolute Gasteiger partial charge is 0.282 e. The van der Waals surface area contributed by atoms with Crippen LogP contribution in [0.3, 0.4) is 0 Å². The highest BCUT2D eigenvalue weighted by atomic mass is 32.2. The number of carbonyl (C=O) groups excluding carboxylic acids is 1. The Balaban J connectivity index is 2.27. The zero-order valence-corrected chi connectivity index (χ0v) is 12.1. The van der Waals surface area contributed by atoms with Crippen LogP contribution in [-0.4, -0.2) is 45.8 Å². The third-order valence-corrected chi connectivity index (χ3v) is 4.27. The van der Waals surface area contributed by atoms with Gasteiger partial charge >= 0.3 is 0 Å². The molecule has 0 atom stereocenters.